The molecule has 7 heteroatoms. The molecule has 4 rings (SSSR count). The van der Waals surface area contributed by atoms with Gasteiger partial charge >= 0.3 is 0 Å². The van der Waals surface area contributed by atoms with E-state index in [1.165, 1.54) is 23.5 Å². The molecule has 2 aromatic heterocycles. The minimum atomic E-state index is -0.285. The molecule has 0 atom stereocenters. The van der Waals surface area contributed by atoms with E-state index in [4.69, 9.17) is 0 Å². The third-order valence-corrected chi connectivity index (χ3v) is 5.79. The average Bonchev–Trinajstić information content (AvgIpc) is 3.25. The van der Waals surface area contributed by atoms with Gasteiger partial charge in [0.2, 0.25) is 5.91 Å². The second kappa shape index (κ2) is 6.99. The van der Waals surface area contributed by atoms with E-state index in [1.807, 2.05) is 11.0 Å². The summed E-state index contributed by atoms with van der Waals surface area (Å²) in [4.78, 5) is 31.5. The summed E-state index contributed by atoms with van der Waals surface area (Å²) < 4.78 is 15.3. The normalized spacial score (nSPS) is 14.5. The van der Waals surface area contributed by atoms with Crippen LogP contribution >= 0.6 is 11.3 Å². The highest BCUT2D eigenvalue weighted by Gasteiger charge is 2.19. The summed E-state index contributed by atoms with van der Waals surface area (Å²) in [7, 11) is 0. The van der Waals surface area contributed by atoms with Gasteiger partial charge in [0, 0.05) is 30.9 Å². The average molecular weight is 371 g/mol. The van der Waals surface area contributed by atoms with Gasteiger partial charge in [-0.25, -0.2) is 9.37 Å². The fourth-order valence-corrected chi connectivity index (χ4v) is 4.30. The van der Waals surface area contributed by atoms with E-state index in [9.17, 15) is 14.0 Å². The number of thiophene rings is 1. The molecule has 1 aromatic carbocycles. The highest BCUT2D eigenvalue weighted by molar-refractivity contribution is 7.22. The number of carbonyl (C=O) groups excluding carboxylic acids is 1. The number of rotatable bonds is 5. The number of aryl methyl sites for hydroxylation is 1. The molecule has 1 aliphatic heterocycles. The number of hydrogen-bond acceptors (Lipinski definition) is 4. The monoisotopic (exact) mass is 371 g/mol. The maximum atomic E-state index is 13.1. The maximum Gasteiger partial charge on any atom is 0.271 e. The lowest BCUT2D eigenvalue weighted by molar-refractivity contribution is -0.127. The van der Waals surface area contributed by atoms with E-state index in [2.05, 4.69) is 4.98 Å². The van der Waals surface area contributed by atoms with Gasteiger partial charge in [0.1, 0.15) is 10.5 Å². The Balaban J connectivity index is 1.53. The predicted octanol–water partition coefficient (Wildman–Crippen LogP) is 3.28. The van der Waals surface area contributed by atoms with Crippen molar-refractivity contribution in [3.63, 3.8) is 0 Å². The number of aromatic nitrogens is 2. The zero-order valence-electron chi connectivity index (χ0n) is 14.2. The molecule has 3 aromatic rings. The minimum Gasteiger partial charge on any atom is -0.343 e. The number of nitrogens with zero attached hydrogens (tertiary/aromatic N) is 3. The first-order valence-electron chi connectivity index (χ1n) is 8.64. The second-order valence-electron chi connectivity index (χ2n) is 6.41. The summed E-state index contributed by atoms with van der Waals surface area (Å²) in [5.41, 5.74) is 1.46. The number of likely N-dealkylation sites (tertiary alicyclic amines) is 1. The van der Waals surface area contributed by atoms with Crippen molar-refractivity contribution >= 4 is 27.5 Å². The van der Waals surface area contributed by atoms with Gasteiger partial charge in [-0.3, -0.25) is 14.2 Å². The first kappa shape index (κ1) is 16.9. The fourth-order valence-electron chi connectivity index (χ4n) is 3.23. The van der Waals surface area contributed by atoms with Crippen LogP contribution in [0.1, 0.15) is 19.3 Å². The number of fused-ring (bicyclic) bond motifs is 1. The van der Waals surface area contributed by atoms with Crippen LogP contribution in [-0.2, 0) is 11.3 Å². The van der Waals surface area contributed by atoms with Crippen LogP contribution in [0.4, 0.5) is 4.39 Å². The second-order valence-corrected chi connectivity index (χ2v) is 7.47. The SMILES string of the molecule is O=C1CCCN1CCCn1cnc2cc(-c3ccc(F)cc3)sc2c1=O. The molecule has 0 saturated carbocycles. The molecular formula is C19H18FN3O2S. The molecule has 0 unspecified atom stereocenters. The summed E-state index contributed by atoms with van der Waals surface area (Å²) in [5, 5.41) is 0. The molecule has 5 nitrogen and oxygen atoms in total. The van der Waals surface area contributed by atoms with E-state index >= 15 is 0 Å². The maximum absolute atomic E-state index is 13.1. The van der Waals surface area contributed by atoms with Gasteiger partial charge in [-0.1, -0.05) is 12.1 Å². The molecule has 26 heavy (non-hydrogen) atoms. The molecule has 0 spiro atoms. The molecule has 134 valence electrons. The molecule has 1 amide bonds. The number of amides is 1. The molecular weight excluding hydrogens is 353 g/mol. The van der Waals surface area contributed by atoms with Crippen molar-refractivity contribution in [1.82, 2.24) is 14.5 Å². The lowest BCUT2D eigenvalue weighted by Gasteiger charge is -2.15. The van der Waals surface area contributed by atoms with Crippen molar-refractivity contribution in [2.45, 2.75) is 25.8 Å². The quantitative estimate of drug-likeness (QED) is 0.692. The standard InChI is InChI=1S/C19H18FN3O2S/c20-14-6-4-13(5-7-14)16-11-15-18(26-16)19(25)23(12-21-15)10-2-9-22-8-1-3-17(22)24/h4-7,11-12H,1-3,8-10H2. The lowest BCUT2D eigenvalue weighted by Crippen LogP contribution is -2.28. The Morgan fingerprint density at radius 2 is 1.96 bits per heavy atom. The Hall–Kier alpha value is -2.54. The van der Waals surface area contributed by atoms with Crippen LogP contribution in [0.25, 0.3) is 20.7 Å². The number of benzene rings is 1. The number of halogens is 1. The van der Waals surface area contributed by atoms with Crippen molar-refractivity contribution in [3.05, 3.63) is 52.8 Å². The van der Waals surface area contributed by atoms with Crippen LogP contribution in [0.5, 0.6) is 0 Å². The van der Waals surface area contributed by atoms with Gasteiger partial charge in [-0.05, 0) is 36.6 Å². The van der Waals surface area contributed by atoms with E-state index in [0.717, 1.165) is 29.8 Å². The third kappa shape index (κ3) is 3.26. The van der Waals surface area contributed by atoms with Crippen LogP contribution in [0.3, 0.4) is 0 Å². The van der Waals surface area contributed by atoms with Gasteiger partial charge in [-0.2, -0.15) is 0 Å². The van der Waals surface area contributed by atoms with Gasteiger partial charge in [0.15, 0.2) is 0 Å². The number of carbonyl (C=O) groups is 1. The van der Waals surface area contributed by atoms with E-state index in [-0.39, 0.29) is 17.3 Å². The lowest BCUT2D eigenvalue weighted by atomic mass is 10.2. The minimum absolute atomic E-state index is 0.0684. The largest absolute Gasteiger partial charge is 0.343 e. The molecule has 0 N–H and O–H groups in total. The first-order chi connectivity index (χ1) is 12.6. The van der Waals surface area contributed by atoms with Crippen LogP contribution in [0.2, 0.25) is 0 Å². The summed E-state index contributed by atoms with van der Waals surface area (Å²) in [5.74, 6) is -0.0834. The highest BCUT2D eigenvalue weighted by Crippen LogP contribution is 2.30. The highest BCUT2D eigenvalue weighted by atomic mass is 32.1. The van der Waals surface area contributed by atoms with Crippen molar-refractivity contribution in [1.29, 1.82) is 0 Å². The van der Waals surface area contributed by atoms with Gasteiger partial charge < -0.3 is 4.90 Å². The Morgan fingerprint density at radius 1 is 1.15 bits per heavy atom. The van der Waals surface area contributed by atoms with E-state index in [1.54, 1.807) is 23.0 Å². The van der Waals surface area contributed by atoms with Gasteiger partial charge in [0.25, 0.3) is 5.56 Å². The third-order valence-electron chi connectivity index (χ3n) is 4.63. The smallest absolute Gasteiger partial charge is 0.271 e. The van der Waals surface area contributed by atoms with Crippen molar-refractivity contribution in [3.8, 4) is 10.4 Å². The number of hydrogen-bond donors (Lipinski definition) is 0. The van der Waals surface area contributed by atoms with Crippen molar-refractivity contribution in [2.75, 3.05) is 13.1 Å². The van der Waals surface area contributed by atoms with E-state index in [0.29, 0.717) is 29.7 Å². The Labute approximate surface area is 153 Å². The fraction of sp³-hybridized carbons (Fsp3) is 0.316. The molecule has 0 aliphatic carbocycles. The summed E-state index contributed by atoms with van der Waals surface area (Å²) in [6.45, 7) is 2.03. The summed E-state index contributed by atoms with van der Waals surface area (Å²) in [6, 6.07) is 8.08. The van der Waals surface area contributed by atoms with Crippen LogP contribution in [-0.4, -0.2) is 33.4 Å². The summed E-state index contributed by atoms with van der Waals surface area (Å²) in [6.07, 6.45) is 3.86. The molecule has 0 radical (unpaired) electrons. The Kier molecular flexibility index (Phi) is 4.55. The molecule has 1 fully saturated rings. The van der Waals surface area contributed by atoms with Gasteiger partial charge in [0.05, 0.1) is 11.8 Å². The first-order valence-corrected chi connectivity index (χ1v) is 9.46. The van der Waals surface area contributed by atoms with E-state index < -0.39 is 0 Å². The topological polar surface area (TPSA) is 55.2 Å². The summed E-state index contributed by atoms with van der Waals surface area (Å²) >= 11 is 1.37. The molecule has 0 bridgehead atoms. The predicted molar refractivity (Wildman–Crippen MR) is 99.7 cm³/mol. The Morgan fingerprint density at radius 3 is 2.69 bits per heavy atom. The zero-order chi connectivity index (χ0) is 18.1. The van der Waals surface area contributed by atoms with Crippen LogP contribution in [0.15, 0.2) is 41.5 Å². The molecule has 1 saturated heterocycles. The van der Waals surface area contributed by atoms with Crippen molar-refractivity contribution in [2.24, 2.45) is 0 Å². The van der Waals surface area contributed by atoms with Crippen molar-refractivity contribution < 1.29 is 9.18 Å². The zero-order valence-corrected chi connectivity index (χ0v) is 15.0. The van der Waals surface area contributed by atoms with Crippen LogP contribution < -0.4 is 5.56 Å². The molecule has 3 heterocycles. The van der Waals surface area contributed by atoms with Crippen LogP contribution in [0, 0.1) is 5.82 Å². The molecule has 1 aliphatic rings. The Bertz CT molecular complexity index is 1010. The van der Waals surface area contributed by atoms with Gasteiger partial charge in [-0.15, -0.1) is 11.3 Å².